The fourth-order valence-corrected chi connectivity index (χ4v) is 4.64. The van der Waals surface area contributed by atoms with Gasteiger partial charge >= 0.3 is 0 Å². The van der Waals surface area contributed by atoms with Crippen LogP contribution in [0.25, 0.3) is 0 Å². The molecule has 0 radical (unpaired) electrons. The summed E-state index contributed by atoms with van der Waals surface area (Å²) in [5.41, 5.74) is 1.04. The summed E-state index contributed by atoms with van der Waals surface area (Å²) in [6.07, 6.45) is 6.37. The topological polar surface area (TPSA) is 29.5 Å². The number of benzene rings is 2. The van der Waals surface area contributed by atoms with E-state index in [4.69, 9.17) is 4.74 Å². The van der Waals surface area contributed by atoms with E-state index < -0.39 is 17.7 Å². The van der Waals surface area contributed by atoms with Crippen molar-refractivity contribution in [2.75, 3.05) is 6.61 Å². The van der Waals surface area contributed by atoms with Crippen molar-refractivity contribution in [1.82, 2.24) is 0 Å². The minimum absolute atomic E-state index is 0.0238. The lowest BCUT2D eigenvalue weighted by Gasteiger charge is -2.30. The number of allylic oxidation sites excluding steroid dienone is 1. The van der Waals surface area contributed by atoms with Crippen LogP contribution in [0.15, 0.2) is 43.0 Å². The molecule has 5 heteroatoms. The Labute approximate surface area is 189 Å². The van der Waals surface area contributed by atoms with Crippen LogP contribution >= 0.6 is 0 Å². The quantitative estimate of drug-likeness (QED) is 0.299. The maximum Gasteiger partial charge on any atom is 0.164 e. The highest BCUT2D eigenvalue weighted by Crippen LogP contribution is 2.43. The zero-order chi connectivity index (χ0) is 23.1. The van der Waals surface area contributed by atoms with Crippen LogP contribution in [0.1, 0.15) is 92.9 Å². The predicted octanol–water partition coefficient (Wildman–Crippen LogP) is 7.72. The summed E-state index contributed by atoms with van der Waals surface area (Å²) in [5.74, 6) is -1.60. The highest BCUT2D eigenvalue weighted by atomic mass is 19.2. The maximum absolute atomic E-state index is 14.8. The van der Waals surface area contributed by atoms with E-state index in [1.807, 2.05) is 13.0 Å². The molecule has 0 saturated heterocycles. The average molecular weight is 447 g/mol. The fraction of sp³-hybridized carbons (Fsp3) is 0.481. The van der Waals surface area contributed by atoms with Gasteiger partial charge in [0.15, 0.2) is 11.6 Å². The van der Waals surface area contributed by atoms with E-state index in [0.29, 0.717) is 62.0 Å². The summed E-state index contributed by atoms with van der Waals surface area (Å²) in [6, 6.07) is 8.14. The molecule has 2 aromatic carbocycles. The first-order valence-electron chi connectivity index (χ1n) is 11.6. The van der Waals surface area contributed by atoms with Gasteiger partial charge in [0.2, 0.25) is 0 Å². The Morgan fingerprint density at radius 1 is 1.03 bits per heavy atom. The molecule has 1 atom stereocenters. The van der Waals surface area contributed by atoms with Gasteiger partial charge in [0.1, 0.15) is 11.6 Å². The Hall–Kier alpha value is -2.27. The molecule has 3 rings (SSSR count). The van der Waals surface area contributed by atoms with E-state index in [0.717, 1.165) is 12.8 Å². The Morgan fingerprint density at radius 3 is 2.31 bits per heavy atom. The number of hydrogen-bond donors (Lipinski definition) is 1. The SMILES string of the molecule is C=CCCCOc1ccc(C2CCC(c3ccc(C(O)CCC)c(F)c3F)CC2)c(F)c1. The molecule has 1 N–H and O–H groups in total. The van der Waals surface area contributed by atoms with Gasteiger partial charge in [-0.25, -0.2) is 13.2 Å². The second-order valence-corrected chi connectivity index (χ2v) is 8.69. The van der Waals surface area contributed by atoms with Gasteiger partial charge in [-0.1, -0.05) is 37.6 Å². The van der Waals surface area contributed by atoms with E-state index in [1.54, 1.807) is 18.2 Å². The van der Waals surface area contributed by atoms with E-state index in [1.165, 1.54) is 12.1 Å². The molecule has 0 spiro atoms. The summed E-state index contributed by atoms with van der Waals surface area (Å²) < 4.78 is 49.6. The molecule has 1 saturated carbocycles. The van der Waals surface area contributed by atoms with E-state index in [9.17, 15) is 18.3 Å². The van der Waals surface area contributed by atoms with Gasteiger partial charge in [0.05, 0.1) is 12.7 Å². The van der Waals surface area contributed by atoms with Gasteiger partial charge in [0, 0.05) is 11.6 Å². The Morgan fingerprint density at radius 2 is 1.69 bits per heavy atom. The second-order valence-electron chi connectivity index (χ2n) is 8.69. The number of rotatable bonds is 10. The number of halogens is 3. The third kappa shape index (κ3) is 5.74. The van der Waals surface area contributed by atoms with Gasteiger partial charge < -0.3 is 9.84 Å². The summed E-state index contributed by atoms with van der Waals surface area (Å²) in [5, 5.41) is 10.1. The lowest BCUT2D eigenvalue weighted by Crippen LogP contribution is -2.15. The first-order chi connectivity index (χ1) is 15.5. The van der Waals surface area contributed by atoms with Crippen LogP contribution in [0.3, 0.4) is 0 Å². The molecule has 0 heterocycles. The summed E-state index contributed by atoms with van der Waals surface area (Å²) in [7, 11) is 0. The molecule has 1 aliphatic carbocycles. The predicted molar refractivity (Wildman–Crippen MR) is 122 cm³/mol. The van der Waals surface area contributed by atoms with Crippen LogP contribution in [0.2, 0.25) is 0 Å². The number of unbranched alkanes of at least 4 members (excludes halogenated alkanes) is 1. The Kier molecular flexibility index (Phi) is 8.80. The minimum atomic E-state index is -0.990. The van der Waals surface area contributed by atoms with Crippen LogP contribution in [0.5, 0.6) is 5.75 Å². The Balaban J connectivity index is 1.63. The molecule has 0 aromatic heterocycles. The standard InChI is InChI=1S/C27H33F3O2/c1-3-5-6-16-32-20-12-13-21(24(28)17-20)18-8-10-19(11-9-18)22-14-15-23(25(31)7-4-2)27(30)26(22)29/h3,12-15,17-19,25,31H,1,4-11,16H2,2H3. The van der Waals surface area contributed by atoms with Gasteiger partial charge in [-0.05, 0) is 74.0 Å². The maximum atomic E-state index is 14.8. The first kappa shape index (κ1) is 24.4. The zero-order valence-electron chi connectivity index (χ0n) is 18.8. The van der Waals surface area contributed by atoms with E-state index in [2.05, 4.69) is 6.58 Å². The van der Waals surface area contributed by atoms with Crippen molar-refractivity contribution in [3.8, 4) is 5.75 Å². The van der Waals surface area contributed by atoms with Crippen molar-refractivity contribution >= 4 is 0 Å². The smallest absolute Gasteiger partial charge is 0.164 e. The fourth-order valence-electron chi connectivity index (χ4n) is 4.64. The monoisotopic (exact) mass is 446 g/mol. The van der Waals surface area contributed by atoms with Crippen molar-refractivity contribution in [2.24, 2.45) is 0 Å². The van der Waals surface area contributed by atoms with Crippen LogP contribution in [-0.4, -0.2) is 11.7 Å². The highest BCUT2D eigenvalue weighted by molar-refractivity contribution is 5.33. The van der Waals surface area contributed by atoms with Crippen molar-refractivity contribution in [2.45, 2.75) is 76.2 Å². The third-order valence-corrected chi connectivity index (χ3v) is 6.46. The lowest BCUT2D eigenvalue weighted by molar-refractivity contribution is 0.160. The average Bonchev–Trinajstić information content (AvgIpc) is 2.79. The molecule has 1 fully saturated rings. The van der Waals surface area contributed by atoms with Gasteiger partial charge in [-0.3, -0.25) is 0 Å². The molecule has 2 aromatic rings. The van der Waals surface area contributed by atoms with Gasteiger partial charge in [0.25, 0.3) is 0 Å². The van der Waals surface area contributed by atoms with Crippen molar-refractivity contribution in [3.63, 3.8) is 0 Å². The molecule has 0 amide bonds. The van der Waals surface area contributed by atoms with Crippen LogP contribution < -0.4 is 4.74 Å². The van der Waals surface area contributed by atoms with Crippen LogP contribution in [0.4, 0.5) is 13.2 Å². The van der Waals surface area contributed by atoms with E-state index >= 15 is 0 Å². The molecule has 1 unspecified atom stereocenters. The van der Waals surface area contributed by atoms with E-state index in [-0.39, 0.29) is 23.2 Å². The van der Waals surface area contributed by atoms with Crippen LogP contribution in [0, 0.1) is 17.5 Å². The third-order valence-electron chi connectivity index (χ3n) is 6.46. The molecular formula is C27H33F3O2. The minimum Gasteiger partial charge on any atom is -0.493 e. The molecule has 32 heavy (non-hydrogen) atoms. The zero-order valence-corrected chi connectivity index (χ0v) is 18.8. The normalized spacial score (nSPS) is 19.5. The number of hydrogen-bond acceptors (Lipinski definition) is 2. The molecule has 0 bridgehead atoms. The highest BCUT2D eigenvalue weighted by Gasteiger charge is 2.29. The summed E-state index contributed by atoms with van der Waals surface area (Å²) in [4.78, 5) is 0. The van der Waals surface area contributed by atoms with Crippen molar-refractivity contribution in [3.05, 3.63) is 77.1 Å². The van der Waals surface area contributed by atoms with Gasteiger partial charge in [-0.15, -0.1) is 6.58 Å². The number of ether oxygens (including phenoxy) is 1. The largest absolute Gasteiger partial charge is 0.493 e. The molecule has 1 aliphatic rings. The van der Waals surface area contributed by atoms with Crippen molar-refractivity contribution in [1.29, 1.82) is 0 Å². The van der Waals surface area contributed by atoms with Crippen molar-refractivity contribution < 1.29 is 23.0 Å². The second kappa shape index (κ2) is 11.6. The number of aliphatic hydroxyl groups is 1. The lowest BCUT2D eigenvalue weighted by atomic mass is 9.75. The molecule has 174 valence electrons. The first-order valence-corrected chi connectivity index (χ1v) is 11.6. The van der Waals surface area contributed by atoms with Gasteiger partial charge in [-0.2, -0.15) is 0 Å². The summed E-state index contributed by atoms with van der Waals surface area (Å²) >= 11 is 0. The Bertz CT molecular complexity index is 904. The molecular weight excluding hydrogens is 413 g/mol. The number of aliphatic hydroxyl groups excluding tert-OH is 1. The van der Waals surface area contributed by atoms with Crippen LogP contribution in [-0.2, 0) is 0 Å². The molecule has 2 nitrogen and oxygen atoms in total. The molecule has 0 aliphatic heterocycles. The summed E-state index contributed by atoms with van der Waals surface area (Å²) in [6.45, 7) is 6.08.